The Bertz CT molecular complexity index is 289. The smallest absolute Gasteiger partial charge is 0.0332 e. The van der Waals surface area contributed by atoms with Crippen molar-refractivity contribution in [1.82, 2.24) is 10.6 Å². The quantitative estimate of drug-likeness (QED) is 0.663. The van der Waals surface area contributed by atoms with Gasteiger partial charge in [0.15, 0.2) is 0 Å². The molecule has 1 fully saturated rings. The van der Waals surface area contributed by atoms with Crippen LogP contribution in [0.1, 0.15) is 33.6 Å². The fraction of sp³-hybridized carbons (Fsp3) is 0.667. The maximum absolute atomic E-state index is 3.52. The molecule has 2 atom stereocenters. The Labute approximate surface area is 86.5 Å². The SMILES string of the molecule is CC1=C(/C=C2\CNC(C)C2)NC(C)C1. The molecule has 0 aromatic rings. The van der Waals surface area contributed by atoms with Crippen molar-refractivity contribution in [2.45, 2.75) is 45.7 Å². The van der Waals surface area contributed by atoms with Crippen molar-refractivity contribution in [3.8, 4) is 0 Å². The van der Waals surface area contributed by atoms with Crippen LogP contribution in [0.5, 0.6) is 0 Å². The summed E-state index contributed by atoms with van der Waals surface area (Å²) in [6.45, 7) is 7.78. The highest BCUT2D eigenvalue weighted by molar-refractivity contribution is 5.33. The van der Waals surface area contributed by atoms with E-state index in [0.717, 1.165) is 6.54 Å². The van der Waals surface area contributed by atoms with Crippen LogP contribution in [0, 0.1) is 0 Å². The number of hydrogen-bond acceptors (Lipinski definition) is 2. The number of rotatable bonds is 1. The first kappa shape index (κ1) is 9.78. The second-order valence-electron chi connectivity index (χ2n) is 4.73. The van der Waals surface area contributed by atoms with E-state index in [4.69, 9.17) is 0 Å². The molecule has 2 N–H and O–H groups in total. The second-order valence-corrected chi connectivity index (χ2v) is 4.73. The van der Waals surface area contributed by atoms with Crippen molar-refractivity contribution in [2.75, 3.05) is 6.54 Å². The van der Waals surface area contributed by atoms with Crippen LogP contribution in [0.4, 0.5) is 0 Å². The van der Waals surface area contributed by atoms with Crippen LogP contribution in [0.25, 0.3) is 0 Å². The molecule has 2 aliphatic rings. The average molecular weight is 192 g/mol. The van der Waals surface area contributed by atoms with Crippen molar-refractivity contribution < 1.29 is 0 Å². The van der Waals surface area contributed by atoms with Gasteiger partial charge >= 0.3 is 0 Å². The molecule has 2 rings (SSSR count). The lowest BCUT2D eigenvalue weighted by Gasteiger charge is -2.05. The zero-order valence-electron chi connectivity index (χ0n) is 9.35. The maximum atomic E-state index is 3.52. The lowest BCUT2D eigenvalue weighted by molar-refractivity contribution is 0.666. The molecule has 2 aliphatic heterocycles. The van der Waals surface area contributed by atoms with Gasteiger partial charge in [0.1, 0.15) is 0 Å². The Hall–Kier alpha value is -0.760. The summed E-state index contributed by atoms with van der Waals surface area (Å²) in [7, 11) is 0. The third kappa shape index (κ3) is 2.01. The molecule has 0 amide bonds. The van der Waals surface area contributed by atoms with Crippen LogP contribution in [0.15, 0.2) is 22.9 Å². The van der Waals surface area contributed by atoms with Crippen LogP contribution < -0.4 is 10.6 Å². The summed E-state index contributed by atoms with van der Waals surface area (Å²) in [6, 6.07) is 1.27. The van der Waals surface area contributed by atoms with Crippen LogP contribution in [0.3, 0.4) is 0 Å². The minimum atomic E-state index is 0.619. The van der Waals surface area contributed by atoms with Gasteiger partial charge in [-0.25, -0.2) is 0 Å². The van der Waals surface area contributed by atoms with E-state index >= 15 is 0 Å². The minimum Gasteiger partial charge on any atom is -0.382 e. The van der Waals surface area contributed by atoms with Crippen LogP contribution in [-0.2, 0) is 0 Å². The largest absolute Gasteiger partial charge is 0.382 e. The molecular weight excluding hydrogens is 172 g/mol. The van der Waals surface area contributed by atoms with E-state index in [2.05, 4.69) is 37.5 Å². The van der Waals surface area contributed by atoms with Gasteiger partial charge in [-0.15, -0.1) is 0 Å². The number of nitrogens with one attached hydrogen (secondary N) is 2. The van der Waals surface area contributed by atoms with Gasteiger partial charge in [0.2, 0.25) is 0 Å². The van der Waals surface area contributed by atoms with Gasteiger partial charge in [-0.2, -0.15) is 0 Å². The summed E-state index contributed by atoms with van der Waals surface area (Å²) in [5.74, 6) is 0. The lowest BCUT2D eigenvalue weighted by atomic mass is 10.1. The van der Waals surface area contributed by atoms with E-state index in [0.29, 0.717) is 12.1 Å². The lowest BCUT2D eigenvalue weighted by Crippen LogP contribution is -2.17. The summed E-state index contributed by atoms with van der Waals surface area (Å²) in [6.07, 6.45) is 4.74. The van der Waals surface area contributed by atoms with Crippen molar-refractivity contribution in [3.63, 3.8) is 0 Å². The Balaban J connectivity index is 2.07. The summed E-state index contributed by atoms with van der Waals surface area (Å²) >= 11 is 0. The molecule has 78 valence electrons. The van der Waals surface area contributed by atoms with Gasteiger partial charge in [0.05, 0.1) is 0 Å². The third-order valence-corrected chi connectivity index (χ3v) is 3.07. The molecule has 2 heteroatoms. The average Bonchev–Trinajstić information content (AvgIpc) is 2.61. The van der Waals surface area contributed by atoms with E-state index in [1.807, 2.05) is 0 Å². The standard InChI is InChI=1S/C12H20N2/c1-8-4-10(3)14-12(8)6-11-5-9(2)13-7-11/h6,9-10,13-14H,4-5,7H2,1-3H3/b11-6-. The van der Waals surface area contributed by atoms with E-state index in [-0.39, 0.29) is 0 Å². The molecule has 0 bridgehead atoms. The first-order valence-electron chi connectivity index (χ1n) is 5.54. The van der Waals surface area contributed by atoms with E-state index < -0.39 is 0 Å². The van der Waals surface area contributed by atoms with E-state index in [1.54, 1.807) is 0 Å². The maximum Gasteiger partial charge on any atom is 0.0332 e. The highest BCUT2D eigenvalue weighted by Gasteiger charge is 2.18. The molecule has 0 radical (unpaired) electrons. The third-order valence-electron chi connectivity index (χ3n) is 3.07. The molecule has 2 unspecified atom stereocenters. The minimum absolute atomic E-state index is 0.619. The monoisotopic (exact) mass is 192 g/mol. The zero-order chi connectivity index (χ0) is 10.1. The Morgan fingerprint density at radius 3 is 2.50 bits per heavy atom. The first-order valence-corrected chi connectivity index (χ1v) is 5.54. The van der Waals surface area contributed by atoms with Crippen LogP contribution in [-0.4, -0.2) is 18.6 Å². The van der Waals surface area contributed by atoms with Gasteiger partial charge in [-0.1, -0.05) is 5.57 Å². The number of hydrogen-bond donors (Lipinski definition) is 2. The first-order chi connectivity index (χ1) is 6.65. The summed E-state index contributed by atoms with van der Waals surface area (Å²) < 4.78 is 0. The molecule has 0 aromatic heterocycles. The summed E-state index contributed by atoms with van der Waals surface area (Å²) in [5, 5.41) is 6.97. The molecule has 0 spiro atoms. The van der Waals surface area contributed by atoms with Crippen molar-refractivity contribution >= 4 is 0 Å². The molecule has 0 saturated carbocycles. The second kappa shape index (κ2) is 3.77. The molecule has 14 heavy (non-hydrogen) atoms. The van der Waals surface area contributed by atoms with Crippen LogP contribution in [0.2, 0.25) is 0 Å². The van der Waals surface area contributed by atoms with E-state index in [1.165, 1.54) is 29.7 Å². The van der Waals surface area contributed by atoms with Gasteiger partial charge in [-0.3, -0.25) is 0 Å². The molecule has 1 saturated heterocycles. The topological polar surface area (TPSA) is 24.1 Å². The van der Waals surface area contributed by atoms with Gasteiger partial charge in [0.25, 0.3) is 0 Å². The van der Waals surface area contributed by atoms with Crippen molar-refractivity contribution in [2.24, 2.45) is 0 Å². The molecule has 0 aromatic carbocycles. The number of allylic oxidation sites excluding steroid dienone is 1. The van der Waals surface area contributed by atoms with E-state index in [9.17, 15) is 0 Å². The molecule has 0 aliphatic carbocycles. The fourth-order valence-electron chi connectivity index (χ4n) is 2.33. The molecule has 2 nitrogen and oxygen atoms in total. The predicted molar refractivity (Wildman–Crippen MR) is 60.1 cm³/mol. The zero-order valence-corrected chi connectivity index (χ0v) is 9.35. The molecular formula is C12H20N2. The fourth-order valence-corrected chi connectivity index (χ4v) is 2.33. The van der Waals surface area contributed by atoms with Gasteiger partial charge < -0.3 is 10.6 Å². The Morgan fingerprint density at radius 1 is 1.21 bits per heavy atom. The molecule has 2 heterocycles. The van der Waals surface area contributed by atoms with Crippen LogP contribution >= 0.6 is 0 Å². The summed E-state index contributed by atoms with van der Waals surface area (Å²) in [5.41, 5.74) is 4.40. The normalized spacial score (nSPS) is 35.5. The highest BCUT2D eigenvalue weighted by atomic mass is 15.0. The Morgan fingerprint density at radius 2 is 2.00 bits per heavy atom. The van der Waals surface area contributed by atoms with Crippen molar-refractivity contribution in [3.05, 3.63) is 22.9 Å². The van der Waals surface area contributed by atoms with Crippen molar-refractivity contribution in [1.29, 1.82) is 0 Å². The summed E-state index contributed by atoms with van der Waals surface area (Å²) in [4.78, 5) is 0. The predicted octanol–water partition coefficient (Wildman–Crippen LogP) is 1.95. The van der Waals surface area contributed by atoms with Gasteiger partial charge in [-0.05, 0) is 45.3 Å². The highest BCUT2D eigenvalue weighted by Crippen LogP contribution is 2.22. The Kier molecular flexibility index (Phi) is 2.64. The van der Waals surface area contributed by atoms with Gasteiger partial charge in [0, 0.05) is 24.3 Å².